The summed E-state index contributed by atoms with van der Waals surface area (Å²) in [6.07, 6.45) is 12.3. The van der Waals surface area contributed by atoms with E-state index in [0.717, 1.165) is 32.1 Å². The first-order valence-corrected chi connectivity index (χ1v) is 13.2. The maximum atomic E-state index is 11.0. The third kappa shape index (κ3) is 3.59. The van der Waals surface area contributed by atoms with Gasteiger partial charge < -0.3 is 10.2 Å². The fraction of sp³-hybridized carbons (Fsp3) is 0.862. The minimum atomic E-state index is -0.179. The van der Waals surface area contributed by atoms with Gasteiger partial charge >= 0.3 is 0 Å². The van der Waals surface area contributed by atoms with Crippen LogP contribution in [0.5, 0.6) is 0 Å². The van der Waals surface area contributed by atoms with Gasteiger partial charge in [0.05, 0.1) is 12.2 Å². The van der Waals surface area contributed by atoms with Gasteiger partial charge in [-0.2, -0.15) is 0 Å². The third-order valence-corrected chi connectivity index (χ3v) is 10.7. The molecule has 31 heavy (non-hydrogen) atoms. The van der Waals surface area contributed by atoms with Crippen molar-refractivity contribution in [1.29, 1.82) is 0 Å². The lowest BCUT2D eigenvalue weighted by Gasteiger charge is -2.59. The average molecular weight is 429 g/mol. The molecule has 2 nitrogen and oxygen atoms in total. The van der Waals surface area contributed by atoms with E-state index in [4.69, 9.17) is 0 Å². The van der Waals surface area contributed by atoms with E-state index in [-0.39, 0.29) is 28.5 Å². The molecule has 0 aliphatic heterocycles. The van der Waals surface area contributed by atoms with E-state index in [0.29, 0.717) is 23.7 Å². The van der Waals surface area contributed by atoms with Gasteiger partial charge in [-0.15, -0.1) is 0 Å². The van der Waals surface area contributed by atoms with Gasteiger partial charge in [0.2, 0.25) is 0 Å². The Labute approximate surface area is 191 Å². The predicted octanol–water partition coefficient (Wildman–Crippen LogP) is 7.06. The normalized spacial score (nSPS) is 41.4. The van der Waals surface area contributed by atoms with Gasteiger partial charge in [-0.3, -0.25) is 0 Å². The molecule has 176 valence electrons. The number of allylic oxidation sites excluding steroid dienone is 4. The maximum absolute atomic E-state index is 11.0. The first-order chi connectivity index (χ1) is 14.4. The number of hydrogen-bond acceptors (Lipinski definition) is 2. The van der Waals surface area contributed by atoms with Crippen LogP contribution < -0.4 is 0 Å². The smallest absolute Gasteiger partial charge is 0.0594 e. The largest absolute Gasteiger partial charge is 0.393 e. The Morgan fingerprint density at radius 1 is 0.968 bits per heavy atom. The van der Waals surface area contributed by atoms with E-state index in [1.165, 1.54) is 25.7 Å². The van der Waals surface area contributed by atoms with Crippen molar-refractivity contribution in [2.24, 2.45) is 39.9 Å². The van der Waals surface area contributed by atoms with Crippen molar-refractivity contribution in [3.8, 4) is 0 Å². The van der Waals surface area contributed by atoms with E-state index in [9.17, 15) is 10.2 Å². The maximum Gasteiger partial charge on any atom is 0.0594 e. The number of aliphatic hydroxyl groups is 2. The molecule has 0 heterocycles. The van der Waals surface area contributed by atoms with Crippen LogP contribution in [0.4, 0.5) is 0 Å². The Kier molecular flexibility index (Phi) is 6.09. The highest BCUT2D eigenvalue weighted by molar-refractivity contribution is 5.49. The second-order valence-corrected chi connectivity index (χ2v) is 13.1. The van der Waals surface area contributed by atoms with Gasteiger partial charge in [-0.05, 0) is 109 Å². The molecule has 4 aliphatic rings. The summed E-state index contributed by atoms with van der Waals surface area (Å²) < 4.78 is 0. The quantitative estimate of drug-likeness (QED) is 0.492. The monoisotopic (exact) mass is 428 g/mol. The van der Waals surface area contributed by atoms with Crippen molar-refractivity contribution >= 4 is 0 Å². The van der Waals surface area contributed by atoms with Crippen LogP contribution in [0, 0.1) is 39.9 Å². The highest BCUT2D eigenvalue weighted by atomic mass is 16.3. The van der Waals surface area contributed by atoms with Gasteiger partial charge in [-0.1, -0.05) is 60.1 Å². The summed E-state index contributed by atoms with van der Waals surface area (Å²) in [7, 11) is 0. The number of aliphatic hydroxyl groups excluding tert-OH is 2. The lowest BCUT2D eigenvalue weighted by atomic mass is 9.46. The molecule has 7 atom stereocenters. The van der Waals surface area contributed by atoms with Crippen LogP contribution in [-0.2, 0) is 0 Å². The minimum absolute atomic E-state index is 0.00785. The van der Waals surface area contributed by atoms with Gasteiger partial charge in [0.25, 0.3) is 0 Å². The minimum Gasteiger partial charge on any atom is -0.393 e. The number of hydrogen-bond donors (Lipinski definition) is 2. The molecule has 0 saturated heterocycles. The second-order valence-electron chi connectivity index (χ2n) is 13.1. The summed E-state index contributed by atoms with van der Waals surface area (Å²) in [5.74, 6) is 2.16. The molecule has 0 bridgehead atoms. The van der Waals surface area contributed by atoms with Crippen LogP contribution in [0.25, 0.3) is 0 Å². The zero-order chi connectivity index (χ0) is 22.8. The summed E-state index contributed by atoms with van der Waals surface area (Å²) in [6.45, 7) is 16.5. The average Bonchev–Trinajstić information content (AvgIpc) is 3.06. The lowest BCUT2D eigenvalue weighted by molar-refractivity contribution is -0.0907. The zero-order valence-electron chi connectivity index (χ0n) is 21.3. The van der Waals surface area contributed by atoms with Crippen molar-refractivity contribution in [2.45, 2.75) is 118 Å². The molecular weight excluding hydrogens is 380 g/mol. The van der Waals surface area contributed by atoms with Crippen LogP contribution in [0.3, 0.4) is 0 Å². The highest BCUT2D eigenvalue weighted by Gasteiger charge is 2.57. The summed E-state index contributed by atoms with van der Waals surface area (Å²) in [4.78, 5) is 0. The van der Waals surface area contributed by atoms with Crippen LogP contribution in [0.15, 0.2) is 22.8 Å². The molecule has 0 aromatic carbocycles. The van der Waals surface area contributed by atoms with Crippen LogP contribution >= 0.6 is 0 Å². The van der Waals surface area contributed by atoms with E-state index in [1.807, 2.05) is 0 Å². The van der Waals surface area contributed by atoms with E-state index >= 15 is 0 Å². The Bertz CT molecular complexity index is 759. The third-order valence-electron chi connectivity index (χ3n) is 10.7. The molecule has 1 saturated carbocycles. The fourth-order valence-electron chi connectivity index (χ4n) is 8.55. The predicted molar refractivity (Wildman–Crippen MR) is 130 cm³/mol. The first kappa shape index (κ1) is 23.6. The Morgan fingerprint density at radius 2 is 1.68 bits per heavy atom. The van der Waals surface area contributed by atoms with Gasteiger partial charge in [-0.25, -0.2) is 0 Å². The molecule has 4 aliphatic carbocycles. The molecule has 0 radical (unpaired) electrons. The topological polar surface area (TPSA) is 40.5 Å². The Balaban J connectivity index is 1.60. The standard InChI is InChI=1S/C29H48O2/c1-18(2)8-12-24(30)19(3)21-10-11-22-20-9-13-25-27(4,5)26(31)15-17-29(25,7)23(20)14-16-28(21,22)6/h11,18-19,21,24-26,30-31H,8-10,12-17H2,1-7H3/t19-,21+,24+,25-,26-,28+,29+/m0/s1. The summed E-state index contributed by atoms with van der Waals surface area (Å²) in [6, 6.07) is 0. The molecule has 0 aromatic rings. The van der Waals surface area contributed by atoms with Crippen molar-refractivity contribution in [3.05, 3.63) is 22.8 Å². The van der Waals surface area contributed by atoms with E-state index < -0.39 is 0 Å². The number of fused-ring (bicyclic) bond motifs is 4. The second kappa shape index (κ2) is 8.01. The molecule has 2 heteroatoms. The molecule has 0 aromatic heterocycles. The highest BCUT2D eigenvalue weighted by Crippen LogP contribution is 2.66. The van der Waals surface area contributed by atoms with Crippen molar-refractivity contribution < 1.29 is 10.2 Å². The Morgan fingerprint density at radius 3 is 2.35 bits per heavy atom. The molecule has 2 N–H and O–H groups in total. The zero-order valence-corrected chi connectivity index (χ0v) is 21.3. The van der Waals surface area contributed by atoms with Crippen LogP contribution in [0.1, 0.15) is 106 Å². The first-order valence-electron chi connectivity index (χ1n) is 13.2. The van der Waals surface area contributed by atoms with Crippen molar-refractivity contribution in [2.75, 3.05) is 0 Å². The molecule has 4 rings (SSSR count). The summed E-state index contributed by atoms with van der Waals surface area (Å²) >= 11 is 0. The van der Waals surface area contributed by atoms with Crippen LogP contribution in [-0.4, -0.2) is 22.4 Å². The van der Waals surface area contributed by atoms with Crippen molar-refractivity contribution in [3.63, 3.8) is 0 Å². The molecule has 0 unspecified atom stereocenters. The van der Waals surface area contributed by atoms with Gasteiger partial charge in [0.15, 0.2) is 0 Å². The summed E-state index contributed by atoms with van der Waals surface area (Å²) in [5.41, 5.74) is 5.55. The molecule has 0 spiro atoms. The molecular formula is C29H48O2. The molecule has 1 fully saturated rings. The van der Waals surface area contributed by atoms with Gasteiger partial charge in [0, 0.05) is 0 Å². The summed E-state index contributed by atoms with van der Waals surface area (Å²) in [5, 5.41) is 21.7. The lowest BCUT2D eigenvalue weighted by Crippen LogP contribution is -2.53. The van der Waals surface area contributed by atoms with E-state index in [2.05, 4.69) is 54.5 Å². The van der Waals surface area contributed by atoms with E-state index in [1.54, 1.807) is 16.7 Å². The Hall–Kier alpha value is -0.600. The van der Waals surface area contributed by atoms with Gasteiger partial charge in [0.1, 0.15) is 0 Å². The van der Waals surface area contributed by atoms with Crippen molar-refractivity contribution in [1.82, 2.24) is 0 Å². The fourth-order valence-corrected chi connectivity index (χ4v) is 8.55. The number of rotatable bonds is 5. The SMILES string of the molecule is CC(C)CC[C@@H](O)[C@@H](C)[C@H]1CC=C2C3=C(CC[C@@]21C)[C@@]1(C)CC[C@H](O)C(C)(C)[C@@H]1CC3. The van der Waals surface area contributed by atoms with Crippen LogP contribution in [0.2, 0.25) is 0 Å². The molecule has 0 amide bonds.